The molecule has 0 aliphatic heterocycles. The number of carbonyl (C=O) groups is 1. The van der Waals surface area contributed by atoms with E-state index in [-0.39, 0.29) is 17.5 Å². The standard InChI is InChI=1S/C25H28N2O4S/c1-4-20-13-15-22(16-14-20)27(32(29,30)24-11-6-5-7-12-24)18-25(28)26-21-9-8-10-23(17-21)31-19(2)3/h5-17,19H,4,18H2,1-3H3,(H,26,28). The predicted molar refractivity (Wildman–Crippen MR) is 128 cm³/mol. The Morgan fingerprint density at radius 3 is 2.28 bits per heavy atom. The van der Waals surface area contributed by atoms with Gasteiger partial charge in [-0.3, -0.25) is 9.10 Å². The summed E-state index contributed by atoms with van der Waals surface area (Å²) >= 11 is 0. The van der Waals surface area contributed by atoms with Crippen LogP contribution < -0.4 is 14.4 Å². The Labute approximate surface area is 189 Å². The lowest BCUT2D eigenvalue weighted by Crippen LogP contribution is -2.38. The molecule has 1 N–H and O–H groups in total. The van der Waals surface area contributed by atoms with Crippen LogP contribution in [0.5, 0.6) is 5.75 Å². The van der Waals surface area contributed by atoms with Gasteiger partial charge in [-0.15, -0.1) is 0 Å². The molecule has 6 nitrogen and oxygen atoms in total. The van der Waals surface area contributed by atoms with E-state index < -0.39 is 15.9 Å². The first kappa shape index (κ1) is 23.3. The van der Waals surface area contributed by atoms with E-state index in [1.807, 2.05) is 32.9 Å². The lowest BCUT2D eigenvalue weighted by Gasteiger charge is -2.24. The van der Waals surface area contributed by atoms with Gasteiger partial charge in [0.1, 0.15) is 12.3 Å². The van der Waals surface area contributed by atoms with Crippen LogP contribution in [-0.4, -0.2) is 27.0 Å². The predicted octanol–water partition coefficient (Wildman–Crippen LogP) is 4.87. The summed E-state index contributed by atoms with van der Waals surface area (Å²) in [5, 5.41) is 2.78. The average molecular weight is 453 g/mol. The zero-order chi connectivity index (χ0) is 23.1. The summed E-state index contributed by atoms with van der Waals surface area (Å²) in [5.74, 6) is 0.174. The molecule has 0 heterocycles. The first-order valence-electron chi connectivity index (χ1n) is 10.5. The van der Waals surface area contributed by atoms with Crippen molar-refractivity contribution in [2.45, 2.75) is 38.2 Å². The van der Waals surface area contributed by atoms with Gasteiger partial charge < -0.3 is 10.1 Å². The summed E-state index contributed by atoms with van der Waals surface area (Å²) in [6.45, 7) is 5.50. The van der Waals surface area contributed by atoms with Gasteiger partial charge in [0.25, 0.3) is 10.0 Å². The molecule has 1 amide bonds. The largest absolute Gasteiger partial charge is 0.491 e. The Bertz CT molecular complexity index is 1140. The fraction of sp³-hybridized carbons (Fsp3) is 0.240. The van der Waals surface area contributed by atoms with E-state index in [9.17, 15) is 13.2 Å². The molecular formula is C25H28N2O4S. The number of aryl methyl sites for hydroxylation is 1. The first-order valence-corrected chi connectivity index (χ1v) is 12.0. The maximum absolute atomic E-state index is 13.4. The summed E-state index contributed by atoms with van der Waals surface area (Å²) in [7, 11) is -3.94. The number of nitrogens with one attached hydrogen (secondary N) is 1. The molecule has 3 aromatic carbocycles. The van der Waals surface area contributed by atoms with E-state index in [1.54, 1.807) is 54.6 Å². The van der Waals surface area contributed by atoms with E-state index >= 15 is 0 Å². The number of amides is 1. The quantitative estimate of drug-likeness (QED) is 0.503. The number of anilines is 2. The minimum atomic E-state index is -3.94. The van der Waals surface area contributed by atoms with Gasteiger partial charge in [0.2, 0.25) is 5.91 Å². The normalized spacial score (nSPS) is 11.2. The van der Waals surface area contributed by atoms with Crippen LogP contribution in [0.2, 0.25) is 0 Å². The van der Waals surface area contributed by atoms with Crippen molar-refractivity contribution in [3.8, 4) is 5.75 Å². The fourth-order valence-corrected chi connectivity index (χ4v) is 4.62. The maximum Gasteiger partial charge on any atom is 0.264 e. The molecule has 3 aromatic rings. The molecule has 0 unspecified atom stereocenters. The van der Waals surface area contributed by atoms with Gasteiger partial charge in [0.05, 0.1) is 16.7 Å². The van der Waals surface area contributed by atoms with Crippen molar-refractivity contribution < 1.29 is 17.9 Å². The molecule has 32 heavy (non-hydrogen) atoms. The number of hydrogen-bond acceptors (Lipinski definition) is 4. The second-order valence-corrected chi connectivity index (χ2v) is 9.45. The van der Waals surface area contributed by atoms with Crippen molar-refractivity contribution in [3.63, 3.8) is 0 Å². The Kier molecular flexibility index (Phi) is 7.53. The minimum absolute atomic E-state index is 0.00134. The monoisotopic (exact) mass is 452 g/mol. The van der Waals surface area contributed by atoms with Crippen molar-refractivity contribution in [2.75, 3.05) is 16.2 Å². The van der Waals surface area contributed by atoms with Gasteiger partial charge in [-0.2, -0.15) is 0 Å². The highest BCUT2D eigenvalue weighted by atomic mass is 32.2. The summed E-state index contributed by atoms with van der Waals surface area (Å²) in [6.07, 6.45) is 0.833. The molecule has 0 saturated carbocycles. The number of hydrogen-bond donors (Lipinski definition) is 1. The van der Waals surface area contributed by atoms with Crippen LogP contribution in [0.25, 0.3) is 0 Å². The van der Waals surface area contributed by atoms with Crippen LogP contribution in [0.4, 0.5) is 11.4 Å². The van der Waals surface area contributed by atoms with Crippen molar-refractivity contribution in [1.29, 1.82) is 0 Å². The first-order chi connectivity index (χ1) is 15.3. The van der Waals surface area contributed by atoms with Gasteiger partial charge in [0.15, 0.2) is 0 Å². The van der Waals surface area contributed by atoms with E-state index in [0.717, 1.165) is 16.3 Å². The van der Waals surface area contributed by atoms with Crippen LogP contribution >= 0.6 is 0 Å². The Balaban J connectivity index is 1.88. The number of carbonyl (C=O) groups excluding carboxylic acids is 1. The third-order valence-electron chi connectivity index (χ3n) is 4.74. The van der Waals surface area contributed by atoms with E-state index in [0.29, 0.717) is 17.1 Å². The molecule has 0 atom stereocenters. The summed E-state index contributed by atoms with van der Waals surface area (Å²) < 4.78 is 33.5. The van der Waals surface area contributed by atoms with Crippen LogP contribution in [0.3, 0.4) is 0 Å². The van der Waals surface area contributed by atoms with E-state index in [1.165, 1.54) is 12.1 Å². The number of sulfonamides is 1. The Morgan fingerprint density at radius 1 is 0.969 bits per heavy atom. The number of benzene rings is 3. The van der Waals surface area contributed by atoms with E-state index in [2.05, 4.69) is 5.32 Å². The van der Waals surface area contributed by atoms with Gasteiger partial charge in [-0.25, -0.2) is 8.42 Å². The SMILES string of the molecule is CCc1ccc(N(CC(=O)Nc2cccc(OC(C)C)c2)S(=O)(=O)c2ccccc2)cc1. The summed E-state index contributed by atoms with van der Waals surface area (Å²) in [4.78, 5) is 13.0. The fourth-order valence-electron chi connectivity index (χ4n) is 3.18. The third-order valence-corrected chi connectivity index (χ3v) is 6.53. The number of rotatable bonds is 9. The van der Waals surface area contributed by atoms with Crippen LogP contribution in [0.1, 0.15) is 26.3 Å². The van der Waals surface area contributed by atoms with Crippen LogP contribution in [-0.2, 0) is 21.2 Å². The van der Waals surface area contributed by atoms with Crippen molar-refractivity contribution >= 4 is 27.3 Å². The molecule has 3 rings (SSSR count). The van der Waals surface area contributed by atoms with Crippen molar-refractivity contribution in [2.24, 2.45) is 0 Å². The second kappa shape index (κ2) is 10.3. The van der Waals surface area contributed by atoms with Crippen LogP contribution in [0.15, 0.2) is 83.8 Å². The van der Waals surface area contributed by atoms with Crippen LogP contribution in [0, 0.1) is 0 Å². The summed E-state index contributed by atoms with van der Waals surface area (Å²) in [6, 6.07) is 22.3. The molecule has 0 saturated heterocycles. The molecule has 168 valence electrons. The van der Waals surface area contributed by atoms with Gasteiger partial charge in [-0.1, -0.05) is 43.3 Å². The Morgan fingerprint density at radius 2 is 1.66 bits per heavy atom. The second-order valence-electron chi connectivity index (χ2n) is 7.59. The molecule has 0 aliphatic rings. The third kappa shape index (κ3) is 5.88. The van der Waals surface area contributed by atoms with Gasteiger partial charge in [0, 0.05) is 11.8 Å². The lowest BCUT2D eigenvalue weighted by atomic mass is 10.1. The maximum atomic E-state index is 13.4. The highest BCUT2D eigenvalue weighted by molar-refractivity contribution is 7.92. The topological polar surface area (TPSA) is 75.7 Å². The highest BCUT2D eigenvalue weighted by Crippen LogP contribution is 2.25. The number of nitrogens with zero attached hydrogens (tertiary/aromatic N) is 1. The molecule has 0 spiro atoms. The minimum Gasteiger partial charge on any atom is -0.491 e. The highest BCUT2D eigenvalue weighted by Gasteiger charge is 2.27. The molecule has 0 fully saturated rings. The molecule has 0 bridgehead atoms. The zero-order valence-corrected chi connectivity index (χ0v) is 19.3. The summed E-state index contributed by atoms with van der Waals surface area (Å²) in [5.41, 5.74) is 2.04. The zero-order valence-electron chi connectivity index (χ0n) is 18.5. The van der Waals surface area contributed by atoms with Gasteiger partial charge >= 0.3 is 0 Å². The molecule has 0 radical (unpaired) electrons. The van der Waals surface area contributed by atoms with Gasteiger partial charge in [-0.05, 0) is 62.2 Å². The number of ether oxygens (including phenoxy) is 1. The molecular weight excluding hydrogens is 424 g/mol. The van der Waals surface area contributed by atoms with Crippen molar-refractivity contribution in [3.05, 3.63) is 84.4 Å². The smallest absolute Gasteiger partial charge is 0.264 e. The molecule has 7 heteroatoms. The molecule has 0 aromatic heterocycles. The van der Waals surface area contributed by atoms with E-state index in [4.69, 9.17) is 4.74 Å². The average Bonchev–Trinajstić information content (AvgIpc) is 2.78. The lowest BCUT2D eigenvalue weighted by molar-refractivity contribution is -0.114. The Hall–Kier alpha value is -3.32. The molecule has 0 aliphatic carbocycles. The van der Waals surface area contributed by atoms with Crippen molar-refractivity contribution in [1.82, 2.24) is 0 Å².